The predicted octanol–water partition coefficient (Wildman–Crippen LogP) is 4.04. The Morgan fingerprint density at radius 2 is 1.79 bits per heavy atom. The molecule has 0 bridgehead atoms. The lowest BCUT2D eigenvalue weighted by Crippen LogP contribution is -2.17. The highest BCUT2D eigenvalue weighted by molar-refractivity contribution is 5.96. The average Bonchev–Trinajstić information content (AvgIpc) is 2.54. The van der Waals surface area contributed by atoms with E-state index in [-0.39, 0.29) is 16.7 Å². The average molecular weight is 324 g/mol. The second kappa shape index (κ2) is 7.77. The molecule has 4 heteroatoms. The Kier molecular flexibility index (Phi) is 5.74. The van der Waals surface area contributed by atoms with Crippen molar-refractivity contribution in [3.63, 3.8) is 0 Å². The number of carbonyl (C=O) groups is 1. The smallest absolute Gasteiger partial charge is 0.275 e. The highest BCUT2D eigenvalue weighted by atomic mass is 16.3. The number of nitrogens with one attached hydrogen (secondary N) is 1. The lowest BCUT2D eigenvalue weighted by atomic mass is 9.86. The van der Waals surface area contributed by atoms with Crippen molar-refractivity contribution in [1.82, 2.24) is 5.43 Å². The van der Waals surface area contributed by atoms with E-state index in [1.165, 1.54) is 17.2 Å². The van der Waals surface area contributed by atoms with E-state index in [4.69, 9.17) is 0 Å². The number of benzene rings is 2. The van der Waals surface area contributed by atoms with Gasteiger partial charge in [-0.25, -0.2) is 5.43 Å². The fourth-order valence-corrected chi connectivity index (χ4v) is 2.30. The summed E-state index contributed by atoms with van der Waals surface area (Å²) in [6.07, 6.45) is 3.27. The zero-order valence-corrected chi connectivity index (χ0v) is 14.4. The standard InChI is InChI=1S/C20H24N2O2/c1-20(2,3)16-12-10-15(11-13-16)7-6-14-21-22-19(24)17-8-4-5-9-18(17)23/h4-5,8-14,23H,6-7H2,1-3H3,(H,22,24). The van der Waals surface area contributed by atoms with Crippen molar-refractivity contribution in [3.8, 4) is 5.75 Å². The van der Waals surface area contributed by atoms with Crippen molar-refractivity contribution in [2.75, 3.05) is 0 Å². The van der Waals surface area contributed by atoms with Gasteiger partial charge in [0.2, 0.25) is 0 Å². The minimum atomic E-state index is -0.418. The molecule has 0 atom stereocenters. The molecule has 0 spiro atoms. The van der Waals surface area contributed by atoms with Gasteiger partial charge >= 0.3 is 0 Å². The van der Waals surface area contributed by atoms with Crippen LogP contribution in [0.4, 0.5) is 0 Å². The summed E-state index contributed by atoms with van der Waals surface area (Å²) < 4.78 is 0. The molecule has 0 saturated heterocycles. The van der Waals surface area contributed by atoms with Crippen LogP contribution in [0, 0.1) is 0 Å². The Morgan fingerprint density at radius 3 is 2.42 bits per heavy atom. The summed E-state index contributed by atoms with van der Waals surface area (Å²) in [5.41, 5.74) is 5.35. The van der Waals surface area contributed by atoms with E-state index in [1.54, 1.807) is 24.4 Å². The molecule has 0 radical (unpaired) electrons. The number of hydrazone groups is 1. The molecule has 126 valence electrons. The minimum absolute atomic E-state index is 0.0517. The summed E-state index contributed by atoms with van der Waals surface area (Å²) in [6.45, 7) is 6.59. The van der Waals surface area contributed by atoms with E-state index in [9.17, 15) is 9.90 Å². The highest BCUT2D eigenvalue weighted by Crippen LogP contribution is 2.22. The van der Waals surface area contributed by atoms with E-state index in [1.807, 2.05) is 0 Å². The lowest BCUT2D eigenvalue weighted by Gasteiger charge is -2.19. The minimum Gasteiger partial charge on any atom is -0.507 e. The van der Waals surface area contributed by atoms with Crippen molar-refractivity contribution in [3.05, 3.63) is 65.2 Å². The van der Waals surface area contributed by atoms with Crippen molar-refractivity contribution in [1.29, 1.82) is 0 Å². The molecule has 0 aliphatic heterocycles. The number of aryl methyl sites for hydroxylation is 1. The summed E-state index contributed by atoms with van der Waals surface area (Å²) in [7, 11) is 0. The van der Waals surface area contributed by atoms with Crippen molar-refractivity contribution >= 4 is 12.1 Å². The van der Waals surface area contributed by atoms with Crippen LogP contribution < -0.4 is 5.43 Å². The number of carbonyl (C=O) groups excluding carboxylic acids is 1. The first-order valence-electron chi connectivity index (χ1n) is 8.07. The molecule has 2 N–H and O–H groups in total. The van der Waals surface area contributed by atoms with Crippen LogP contribution in [-0.4, -0.2) is 17.2 Å². The molecule has 2 aromatic rings. The Labute approximate surface area is 143 Å². The third-order valence-electron chi connectivity index (χ3n) is 3.79. The number of aromatic hydroxyl groups is 1. The Morgan fingerprint density at radius 1 is 1.12 bits per heavy atom. The molecule has 1 amide bonds. The largest absolute Gasteiger partial charge is 0.507 e. The topological polar surface area (TPSA) is 61.7 Å². The molecule has 2 rings (SSSR count). The van der Waals surface area contributed by atoms with Gasteiger partial charge < -0.3 is 5.11 Å². The summed E-state index contributed by atoms with van der Waals surface area (Å²) in [6, 6.07) is 15.0. The highest BCUT2D eigenvalue weighted by Gasteiger charge is 2.12. The fraction of sp³-hybridized carbons (Fsp3) is 0.300. The summed E-state index contributed by atoms with van der Waals surface area (Å²) >= 11 is 0. The van der Waals surface area contributed by atoms with Gasteiger partial charge in [-0.3, -0.25) is 4.79 Å². The normalized spacial score (nSPS) is 11.6. The van der Waals surface area contributed by atoms with Gasteiger partial charge in [0.1, 0.15) is 5.75 Å². The molecule has 24 heavy (non-hydrogen) atoms. The first-order chi connectivity index (χ1) is 11.4. The predicted molar refractivity (Wildman–Crippen MR) is 97.5 cm³/mol. The van der Waals surface area contributed by atoms with Gasteiger partial charge in [-0.1, -0.05) is 57.2 Å². The number of hydrogen-bond donors (Lipinski definition) is 2. The van der Waals surface area contributed by atoms with Crippen LogP contribution in [0.15, 0.2) is 53.6 Å². The van der Waals surface area contributed by atoms with Gasteiger partial charge in [-0.15, -0.1) is 0 Å². The SMILES string of the molecule is CC(C)(C)c1ccc(CCC=NNC(=O)c2ccccc2O)cc1. The van der Waals surface area contributed by atoms with Crippen molar-refractivity contribution in [2.45, 2.75) is 39.0 Å². The summed E-state index contributed by atoms with van der Waals surface area (Å²) in [4.78, 5) is 11.8. The number of hydrogen-bond acceptors (Lipinski definition) is 3. The van der Waals surface area contributed by atoms with E-state index in [0.717, 1.165) is 12.8 Å². The van der Waals surface area contributed by atoms with E-state index in [2.05, 4.69) is 55.6 Å². The van der Waals surface area contributed by atoms with Crippen LogP contribution in [0.5, 0.6) is 5.75 Å². The molecule has 4 nitrogen and oxygen atoms in total. The van der Waals surface area contributed by atoms with Crippen LogP contribution in [-0.2, 0) is 11.8 Å². The van der Waals surface area contributed by atoms with Gasteiger partial charge in [0.15, 0.2) is 0 Å². The third kappa shape index (κ3) is 4.95. The first kappa shape index (κ1) is 17.7. The van der Waals surface area contributed by atoms with Crippen LogP contribution in [0.25, 0.3) is 0 Å². The Balaban J connectivity index is 1.81. The van der Waals surface area contributed by atoms with Crippen molar-refractivity contribution in [2.24, 2.45) is 5.10 Å². The second-order valence-corrected chi connectivity index (χ2v) is 6.76. The van der Waals surface area contributed by atoms with Gasteiger partial charge in [0.25, 0.3) is 5.91 Å². The fourth-order valence-electron chi connectivity index (χ4n) is 2.30. The quantitative estimate of drug-likeness (QED) is 0.644. The maximum absolute atomic E-state index is 11.8. The third-order valence-corrected chi connectivity index (χ3v) is 3.79. The number of nitrogens with zero attached hydrogens (tertiary/aromatic N) is 1. The van der Waals surface area contributed by atoms with E-state index in [0.29, 0.717) is 0 Å². The number of rotatable bonds is 5. The molecule has 0 fully saturated rings. The molecular formula is C20H24N2O2. The number of para-hydroxylation sites is 1. The first-order valence-corrected chi connectivity index (χ1v) is 8.07. The molecule has 0 saturated carbocycles. The summed E-state index contributed by atoms with van der Waals surface area (Å²) in [5.74, 6) is -0.469. The second-order valence-electron chi connectivity index (χ2n) is 6.76. The van der Waals surface area contributed by atoms with Crippen LogP contribution >= 0.6 is 0 Å². The zero-order valence-electron chi connectivity index (χ0n) is 14.4. The maximum atomic E-state index is 11.8. The maximum Gasteiger partial charge on any atom is 0.275 e. The number of amides is 1. The van der Waals surface area contributed by atoms with Crippen LogP contribution in [0.2, 0.25) is 0 Å². The van der Waals surface area contributed by atoms with Crippen LogP contribution in [0.1, 0.15) is 48.7 Å². The molecule has 0 aliphatic carbocycles. The molecular weight excluding hydrogens is 300 g/mol. The van der Waals surface area contributed by atoms with Gasteiger partial charge in [0.05, 0.1) is 5.56 Å². The van der Waals surface area contributed by atoms with Crippen LogP contribution in [0.3, 0.4) is 0 Å². The molecule has 2 aromatic carbocycles. The molecule has 0 aliphatic rings. The number of phenols is 1. The van der Waals surface area contributed by atoms with E-state index < -0.39 is 5.91 Å². The molecule has 0 unspecified atom stereocenters. The monoisotopic (exact) mass is 324 g/mol. The van der Waals surface area contributed by atoms with Crippen molar-refractivity contribution < 1.29 is 9.90 Å². The molecule has 0 aromatic heterocycles. The Hall–Kier alpha value is -2.62. The van der Waals surface area contributed by atoms with Gasteiger partial charge in [0, 0.05) is 6.21 Å². The lowest BCUT2D eigenvalue weighted by molar-refractivity contribution is 0.0952. The zero-order chi connectivity index (χ0) is 17.6. The van der Waals surface area contributed by atoms with Gasteiger partial charge in [-0.05, 0) is 41.5 Å². The van der Waals surface area contributed by atoms with E-state index >= 15 is 0 Å². The molecule has 0 heterocycles. The number of phenolic OH excluding ortho intramolecular Hbond substituents is 1. The summed E-state index contributed by atoms with van der Waals surface area (Å²) in [5, 5.41) is 13.5. The van der Waals surface area contributed by atoms with Gasteiger partial charge in [-0.2, -0.15) is 5.10 Å². The Bertz CT molecular complexity index is 713.